The van der Waals surface area contributed by atoms with Crippen molar-refractivity contribution in [3.63, 3.8) is 0 Å². The topological polar surface area (TPSA) is 3.24 Å². The van der Waals surface area contributed by atoms with E-state index >= 15 is 0 Å². The molecule has 0 aliphatic carbocycles. The zero-order valence-electron chi connectivity index (χ0n) is 8.12. The maximum atomic E-state index is 5.80. The maximum Gasteiger partial charge on any atom is 0.0406 e. The van der Waals surface area contributed by atoms with E-state index in [2.05, 4.69) is 17.2 Å². The maximum absolute atomic E-state index is 5.80. The van der Waals surface area contributed by atoms with Gasteiger partial charge in [0.1, 0.15) is 0 Å². The summed E-state index contributed by atoms with van der Waals surface area (Å²) < 4.78 is 0. The quantitative estimate of drug-likeness (QED) is 0.719. The van der Waals surface area contributed by atoms with E-state index in [0.29, 0.717) is 0 Å². The van der Waals surface area contributed by atoms with Gasteiger partial charge in [0.2, 0.25) is 0 Å². The number of benzene rings is 1. The Kier molecular flexibility index (Phi) is 3.10. The Balaban J connectivity index is 1.99. The highest BCUT2D eigenvalue weighted by Gasteiger charge is 2.05. The Labute approximate surface area is 90.0 Å². The Morgan fingerprint density at radius 1 is 1.07 bits per heavy atom. The summed E-state index contributed by atoms with van der Waals surface area (Å²) in [6, 6.07) is 7.92. The van der Waals surface area contributed by atoms with Gasteiger partial charge >= 0.3 is 0 Å². The SMILES string of the molecule is Clc1ccc(C=CN2CCCC2)cc1. The molecule has 1 fully saturated rings. The van der Waals surface area contributed by atoms with Gasteiger partial charge < -0.3 is 4.90 Å². The molecule has 1 aromatic rings. The van der Waals surface area contributed by atoms with Crippen molar-refractivity contribution in [2.24, 2.45) is 0 Å². The van der Waals surface area contributed by atoms with Gasteiger partial charge in [-0.15, -0.1) is 0 Å². The third-order valence-corrected chi connectivity index (χ3v) is 2.74. The normalized spacial score (nSPS) is 16.8. The van der Waals surface area contributed by atoms with Crippen molar-refractivity contribution >= 4 is 17.7 Å². The fourth-order valence-corrected chi connectivity index (χ4v) is 1.78. The zero-order chi connectivity index (χ0) is 9.80. The molecule has 0 N–H and O–H groups in total. The van der Waals surface area contributed by atoms with Gasteiger partial charge in [0.25, 0.3) is 0 Å². The number of rotatable bonds is 2. The summed E-state index contributed by atoms with van der Waals surface area (Å²) in [5, 5.41) is 0.795. The molecular formula is C12H14ClN. The van der Waals surface area contributed by atoms with Crippen LogP contribution in [0.25, 0.3) is 6.08 Å². The highest BCUT2D eigenvalue weighted by atomic mass is 35.5. The van der Waals surface area contributed by atoms with E-state index in [0.717, 1.165) is 5.02 Å². The van der Waals surface area contributed by atoms with Crippen LogP contribution >= 0.6 is 11.6 Å². The van der Waals surface area contributed by atoms with Crippen molar-refractivity contribution in [1.29, 1.82) is 0 Å². The molecule has 0 bridgehead atoms. The summed E-state index contributed by atoms with van der Waals surface area (Å²) in [7, 11) is 0. The van der Waals surface area contributed by atoms with Gasteiger partial charge in [0, 0.05) is 18.1 Å². The molecular weight excluding hydrogens is 194 g/mol. The van der Waals surface area contributed by atoms with Gasteiger partial charge in [-0.1, -0.05) is 23.7 Å². The molecule has 0 spiro atoms. The summed E-state index contributed by atoms with van der Waals surface area (Å²) in [6.07, 6.45) is 6.97. The molecule has 1 nitrogen and oxygen atoms in total. The van der Waals surface area contributed by atoms with Crippen LogP contribution in [-0.4, -0.2) is 18.0 Å². The molecule has 1 aromatic carbocycles. The molecule has 0 unspecified atom stereocenters. The van der Waals surface area contributed by atoms with Crippen molar-refractivity contribution < 1.29 is 0 Å². The summed E-state index contributed by atoms with van der Waals surface area (Å²) in [5.41, 5.74) is 1.21. The van der Waals surface area contributed by atoms with Gasteiger partial charge in [-0.25, -0.2) is 0 Å². The monoisotopic (exact) mass is 207 g/mol. The molecule has 2 heteroatoms. The molecule has 2 rings (SSSR count). The molecule has 0 atom stereocenters. The predicted octanol–water partition coefficient (Wildman–Crippen LogP) is 3.41. The van der Waals surface area contributed by atoms with E-state index in [9.17, 15) is 0 Å². The van der Waals surface area contributed by atoms with Crippen molar-refractivity contribution in [3.8, 4) is 0 Å². The first kappa shape index (κ1) is 9.60. The molecule has 0 aromatic heterocycles. The molecule has 74 valence electrons. The van der Waals surface area contributed by atoms with E-state index in [1.807, 2.05) is 24.3 Å². The van der Waals surface area contributed by atoms with E-state index in [-0.39, 0.29) is 0 Å². The largest absolute Gasteiger partial charge is 0.377 e. The van der Waals surface area contributed by atoms with E-state index < -0.39 is 0 Å². The van der Waals surface area contributed by atoms with Crippen molar-refractivity contribution in [1.82, 2.24) is 4.90 Å². The van der Waals surface area contributed by atoms with Crippen molar-refractivity contribution in [3.05, 3.63) is 41.1 Å². The zero-order valence-corrected chi connectivity index (χ0v) is 8.87. The van der Waals surface area contributed by atoms with Gasteiger partial charge in [0.15, 0.2) is 0 Å². The number of nitrogens with zero attached hydrogens (tertiary/aromatic N) is 1. The summed E-state index contributed by atoms with van der Waals surface area (Å²) in [6.45, 7) is 2.40. The lowest BCUT2D eigenvalue weighted by atomic mass is 10.2. The minimum atomic E-state index is 0.795. The van der Waals surface area contributed by atoms with Crippen LogP contribution in [0.4, 0.5) is 0 Å². The van der Waals surface area contributed by atoms with Crippen molar-refractivity contribution in [2.75, 3.05) is 13.1 Å². The van der Waals surface area contributed by atoms with E-state index in [1.54, 1.807) is 0 Å². The van der Waals surface area contributed by atoms with Gasteiger partial charge in [-0.2, -0.15) is 0 Å². The first-order valence-electron chi connectivity index (χ1n) is 5.02. The smallest absolute Gasteiger partial charge is 0.0406 e. The third kappa shape index (κ3) is 2.52. The van der Waals surface area contributed by atoms with Crippen LogP contribution in [0, 0.1) is 0 Å². The Morgan fingerprint density at radius 3 is 2.36 bits per heavy atom. The van der Waals surface area contributed by atoms with Crippen LogP contribution in [0.2, 0.25) is 5.02 Å². The first-order chi connectivity index (χ1) is 6.84. The fourth-order valence-electron chi connectivity index (χ4n) is 1.66. The summed E-state index contributed by atoms with van der Waals surface area (Å²) in [4.78, 5) is 2.36. The fraction of sp³-hybridized carbons (Fsp3) is 0.333. The first-order valence-corrected chi connectivity index (χ1v) is 5.40. The number of halogens is 1. The average molecular weight is 208 g/mol. The molecule has 0 amide bonds. The van der Waals surface area contributed by atoms with E-state index in [1.165, 1.54) is 31.5 Å². The van der Waals surface area contributed by atoms with Crippen molar-refractivity contribution in [2.45, 2.75) is 12.8 Å². The van der Waals surface area contributed by atoms with Crippen LogP contribution in [0.5, 0.6) is 0 Å². The standard InChI is InChI=1S/C12H14ClN/c13-12-5-3-11(4-6-12)7-10-14-8-1-2-9-14/h3-7,10H,1-2,8-9H2. The number of hydrogen-bond acceptors (Lipinski definition) is 1. The van der Waals surface area contributed by atoms with E-state index in [4.69, 9.17) is 11.6 Å². The minimum Gasteiger partial charge on any atom is -0.377 e. The molecule has 1 heterocycles. The molecule has 1 aliphatic rings. The second-order valence-corrected chi connectivity index (χ2v) is 4.05. The molecule has 1 aliphatic heterocycles. The van der Waals surface area contributed by atoms with Crippen LogP contribution in [0.3, 0.4) is 0 Å². The molecule has 14 heavy (non-hydrogen) atoms. The Bertz CT molecular complexity index is 310. The highest BCUT2D eigenvalue weighted by molar-refractivity contribution is 6.30. The predicted molar refractivity (Wildman–Crippen MR) is 61.3 cm³/mol. The average Bonchev–Trinajstić information content (AvgIpc) is 2.70. The van der Waals surface area contributed by atoms with Crippen LogP contribution < -0.4 is 0 Å². The summed E-state index contributed by atoms with van der Waals surface area (Å²) >= 11 is 5.80. The highest BCUT2D eigenvalue weighted by Crippen LogP contribution is 2.12. The van der Waals surface area contributed by atoms with Gasteiger partial charge in [0.05, 0.1) is 0 Å². The van der Waals surface area contributed by atoms with Crippen LogP contribution in [0.1, 0.15) is 18.4 Å². The Hall–Kier alpha value is -0.950. The molecule has 0 radical (unpaired) electrons. The molecule has 0 saturated carbocycles. The minimum absolute atomic E-state index is 0.795. The molecule has 1 saturated heterocycles. The van der Waals surface area contributed by atoms with Crippen LogP contribution in [-0.2, 0) is 0 Å². The lowest BCUT2D eigenvalue weighted by Gasteiger charge is -2.09. The van der Waals surface area contributed by atoms with Crippen LogP contribution in [0.15, 0.2) is 30.5 Å². The Morgan fingerprint density at radius 2 is 1.71 bits per heavy atom. The second kappa shape index (κ2) is 4.52. The number of likely N-dealkylation sites (tertiary alicyclic amines) is 1. The lowest BCUT2D eigenvalue weighted by Crippen LogP contribution is -2.09. The summed E-state index contributed by atoms with van der Waals surface area (Å²) in [5.74, 6) is 0. The van der Waals surface area contributed by atoms with Gasteiger partial charge in [-0.05, 0) is 42.8 Å². The third-order valence-electron chi connectivity index (χ3n) is 2.49. The van der Waals surface area contributed by atoms with Gasteiger partial charge in [-0.3, -0.25) is 0 Å². The number of hydrogen-bond donors (Lipinski definition) is 0. The lowest BCUT2D eigenvalue weighted by molar-refractivity contribution is 0.471. The second-order valence-electron chi connectivity index (χ2n) is 3.61.